The molecule has 1 aromatic carbocycles. The lowest BCUT2D eigenvalue weighted by molar-refractivity contribution is 0.173. The minimum absolute atomic E-state index is 0.0499. The zero-order valence-electron chi connectivity index (χ0n) is 13.3. The summed E-state index contributed by atoms with van der Waals surface area (Å²) in [5, 5.41) is 17.8. The van der Waals surface area contributed by atoms with Crippen LogP contribution in [-0.4, -0.2) is 21.5 Å². The first-order chi connectivity index (χ1) is 9.96. The van der Waals surface area contributed by atoms with Crippen LogP contribution in [0.2, 0.25) is 0 Å². The third-order valence-corrected chi connectivity index (χ3v) is 3.88. The van der Waals surface area contributed by atoms with Gasteiger partial charge in [0.2, 0.25) is 0 Å². The van der Waals surface area contributed by atoms with E-state index in [0.717, 1.165) is 11.3 Å². The minimum atomic E-state index is -0.453. The Kier molecular flexibility index (Phi) is 4.80. The van der Waals surface area contributed by atoms with Crippen LogP contribution in [0, 0.1) is 0 Å². The molecule has 21 heavy (non-hydrogen) atoms. The molecule has 2 rings (SSSR count). The van der Waals surface area contributed by atoms with E-state index in [0.29, 0.717) is 12.5 Å². The highest BCUT2D eigenvalue weighted by Gasteiger charge is 2.25. The molecule has 4 heteroatoms. The summed E-state index contributed by atoms with van der Waals surface area (Å²) < 4.78 is 1.85. The second-order valence-electron chi connectivity index (χ2n) is 6.08. The Balaban J connectivity index is 2.17. The Bertz CT molecular complexity index is 577. The van der Waals surface area contributed by atoms with Crippen molar-refractivity contribution >= 4 is 0 Å². The second-order valence-corrected chi connectivity index (χ2v) is 6.08. The average Bonchev–Trinajstić information content (AvgIpc) is 2.87. The fraction of sp³-hybridized carbons (Fsp3) is 0.471. The number of nitrogens with zero attached hydrogens (tertiary/aromatic N) is 2. The summed E-state index contributed by atoms with van der Waals surface area (Å²) in [5.74, 6) is 0.389. The van der Waals surface area contributed by atoms with Gasteiger partial charge in [0.15, 0.2) is 0 Å². The molecule has 0 radical (unpaired) electrons. The van der Waals surface area contributed by atoms with Gasteiger partial charge in [-0.2, -0.15) is 5.10 Å². The van der Waals surface area contributed by atoms with Crippen molar-refractivity contribution in [2.45, 2.75) is 38.8 Å². The summed E-state index contributed by atoms with van der Waals surface area (Å²) in [6, 6.07) is 10.0. The van der Waals surface area contributed by atoms with Crippen LogP contribution in [0.1, 0.15) is 43.5 Å². The van der Waals surface area contributed by atoms with Crippen LogP contribution < -0.4 is 5.32 Å². The van der Waals surface area contributed by atoms with Crippen molar-refractivity contribution < 1.29 is 5.11 Å². The first-order valence-corrected chi connectivity index (χ1v) is 7.40. The fourth-order valence-corrected chi connectivity index (χ4v) is 2.52. The molecule has 0 fully saturated rings. The van der Waals surface area contributed by atoms with Gasteiger partial charge in [-0.25, -0.2) is 0 Å². The number of aromatic nitrogens is 2. The Hall–Kier alpha value is -1.65. The van der Waals surface area contributed by atoms with Gasteiger partial charge < -0.3 is 10.4 Å². The molecule has 1 atom stereocenters. The number of benzene rings is 1. The Morgan fingerprint density at radius 3 is 2.52 bits per heavy atom. The van der Waals surface area contributed by atoms with E-state index in [1.54, 1.807) is 0 Å². The first kappa shape index (κ1) is 15.7. The highest BCUT2D eigenvalue weighted by Crippen LogP contribution is 2.22. The van der Waals surface area contributed by atoms with Crippen molar-refractivity contribution in [3.05, 3.63) is 53.3 Å². The maximum atomic E-state index is 9.82. The summed E-state index contributed by atoms with van der Waals surface area (Å²) in [4.78, 5) is 0. The van der Waals surface area contributed by atoms with E-state index in [-0.39, 0.29) is 6.61 Å². The molecule has 2 N–H and O–H groups in total. The van der Waals surface area contributed by atoms with E-state index in [4.69, 9.17) is 0 Å². The quantitative estimate of drug-likeness (QED) is 0.858. The molecule has 4 nitrogen and oxygen atoms in total. The Morgan fingerprint density at radius 1 is 1.29 bits per heavy atom. The largest absolute Gasteiger partial charge is 0.394 e. The van der Waals surface area contributed by atoms with Crippen LogP contribution in [0.5, 0.6) is 0 Å². The lowest BCUT2D eigenvalue weighted by Gasteiger charge is -2.29. The monoisotopic (exact) mass is 287 g/mol. The van der Waals surface area contributed by atoms with Crippen LogP contribution in [0.15, 0.2) is 36.5 Å². The fourth-order valence-electron chi connectivity index (χ4n) is 2.52. The molecule has 0 aliphatic rings. The van der Waals surface area contributed by atoms with Gasteiger partial charge >= 0.3 is 0 Å². The van der Waals surface area contributed by atoms with E-state index in [1.807, 2.05) is 55.2 Å². The van der Waals surface area contributed by atoms with Crippen LogP contribution in [-0.2, 0) is 19.1 Å². The van der Waals surface area contributed by atoms with Crippen molar-refractivity contribution in [1.82, 2.24) is 15.1 Å². The van der Waals surface area contributed by atoms with Gasteiger partial charge in [-0.3, -0.25) is 4.68 Å². The molecule has 1 aromatic heterocycles. The molecule has 0 spiro atoms. The second kappa shape index (κ2) is 6.41. The maximum absolute atomic E-state index is 9.82. The van der Waals surface area contributed by atoms with Crippen molar-refractivity contribution in [3.8, 4) is 0 Å². The molecule has 0 amide bonds. The number of aliphatic hydroxyl groups is 1. The molecule has 0 saturated heterocycles. The van der Waals surface area contributed by atoms with Crippen molar-refractivity contribution in [2.24, 2.45) is 7.05 Å². The standard InChI is InChI=1S/C17H25N3O/c1-13(2)16-14(11-20(4)19-16)10-18-17(3,12-21)15-8-6-5-7-9-15/h5-9,11,13,18,21H,10,12H2,1-4H3. The molecular formula is C17H25N3O. The van der Waals surface area contributed by atoms with E-state index in [1.165, 1.54) is 5.56 Å². The molecular weight excluding hydrogens is 262 g/mol. The van der Waals surface area contributed by atoms with Crippen LogP contribution in [0.25, 0.3) is 0 Å². The molecule has 1 heterocycles. The zero-order chi connectivity index (χ0) is 15.5. The number of aryl methyl sites for hydroxylation is 1. The van der Waals surface area contributed by atoms with Gasteiger partial charge in [-0.1, -0.05) is 44.2 Å². The summed E-state index contributed by atoms with van der Waals surface area (Å²) in [5.41, 5.74) is 2.93. The zero-order valence-corrected chi connectivity index (χ0v) is 13.3. The molecule has 2 aromatic rings. The molecule has 1 unspecified atom stereocenters. The van der Waals surface area contributed by atoms with Crippen molar-refractivity contribution in [3.63, 3.8) is 0 Å². The summed E-state index contributed by atoms with van der Waals surface area (Å²) in [6.07, 6.45) is 2.05. The van der Waals surface area contributed by atoms with Crippen molar-refractivity contribution in [2.75, 3.05) is 6.61 Å². The minimum Gasteiger partial charge on any atom is -0.394 e. The number of hydrogen-bond donors (Lipinski definition) is 2. The lowest BCUT2D eigenvalue weighted by Crippen LogP contribution is -2.42. The predicted octanol–water partition coefficient (Wildman–Crippen LogP) is 2.54. The molecule has 0 bridgehead atoms. The first-order valence-electron chi connectivity index (χ1n) is 7.40. The number of hydrogen-bond acceptors (Lipinski definition) is 3. The lowest BCUT2D eigenvalue weighted by atomic mass is 9.92. The molecule has 0 aliphatic carbocycles. The third-order valence-electron chi connectivity index (χ3n) is 3.88. The normalized spacial score (nSPS) is 14.4. The van der Waals surface area contributed by atoms with E-state index in [2.05, 4.69) is 24.3 Å². The van der Waals surface area contributed by atoms with Gasteiger partial charge in [0, 0.05) is 25.4 Å². The van der Waals surface area contributed by atoms with E-state index < -0.39 is 5.54 Å². The summed E-state index contributed by atoms with van der Waals surface area (Å²) in [6.45, 7) is 7.05. The Morgan fingerprint density at radius 2 is 1.95 bits per heavy atom. The van der Waals surface area contributed by atoms with Gasteiger partial charge in [-0.05, 0) is 18.4 Å². The van der Waals surface area contributed by atoms with Crippen molar-refractivity contribution in [1.29, 1.82) is 0 Å². The average molecular weight is 287 g/mol. The highest BCUT2D eigenvalue weighted by molar-refractivity contribution is 5.25. The van der Waals surface area contributed by atoms with Gasteiger partial charge in [-0.15, -0.1) is 0 Å². The Labute approximate surface area is 126 Å². The predicted molar refractivity (Wildman–Crippen MR) is 85.0 cm³/mol. The molecule has 0 saturated carbocycles. The number of rotatable bonds is 6. The third kappa shape index (κ3) is 3.52. The smallest absolute Gasteiger partial charge is 0.0694 e. The highest BCUT2D eigenvalue weighted by atomic mass is 16.3. The van der Waals surface area contributed by atoms with Crippen LogP contribution in [0.3, 0.4) is 0 Å². The molecule has 0 aliphatic heterocycles. The van der Waals surface area contributed by atoms with Gasteiger partial charge in [0.1, 0.15) is 0 Å². The van der Waals surface area contributed by atoms with Gasteiger partial charge in [0.25, 0.3) is 0 Å². The number of nitrogens with one attached hydrogen (secondary N) is 1. The maximum Gasteiger partial charge on any atom is 0.0694 e. The topological polar surface area (TPSA) is 50.1 Å². The van der Waals surface area contributed by atoms with Gasteiger partial charge in [0.05, 0.1) is 17.8 Å². The summed E-state index contributed by atoms with van der Waals surface area (Å²) in [7, 11) is 1.94. The number of aliphatic hydroxyl groups excluding tert-OH is 1. The SMILES string of the molecule is CC(C)c1nn(C)cc1CNC(C)(CO)c1ccccc1. The van der Waals surface area contributed by atoms with E-state index in [9.17, 15) is 5.11 Å². The van der Waals surface area contributed by atoms with Crippen LogP contribution >= 0.6 is 0 Å². The summed E-state index contributed by atoms with van der Waals surface area (Å²) >= 11 is 0. The van der Waals surface area contributed by atoms with E-state index >= 15 is 0 Å². The van der Waals surface area contributed by atoms with Crippen LogP contribution in [0.4, 0.5) is 0 Å². The molecule has 114 valence electrons.